The van der Waals surface area contributed by atoms with Crippen molar-refractivity contribution in [2.75, 3.05) is 0 Å². The van der Waals surface area contributed by atoms with E-state index in [9.17, 15) is 0 Å². The van der Waals surface area contributed by atoms with Crippen LogP contribution in [0.25, 0.3) is 177 Å². The van der Waals surface area contributed by atoms with Crippen molar-refractivity contribution in [2.24, 2.45) is 0 Å². The molecule has 0 atom stereocenters. The van der Waals surface area contributed by atoms with Gasteiger partial charge >= 0.3 is 0 Å². The first-order chi connectivity index (χ1) is 46.7. The molecule has 94 heavy (non-hydrogen) atoms. The molecule has 0 aliphatic carbocycles. The number of fused-ring (bicyclic) bond motifs is 12. The lowest BCUT2D eigenvalue weighted by Crippen LogP contribution is -2.03. The van der Waals surface area contributed by atoms with Crippen LogP contribution in [0.4, 0.5) is 0 Å². The SMILES string of the molecule is c1ccc(-c2cc(-n3c4ccccc4c4ccccc43)ccc2-c2ccc(-n3c4ccccc4c4ccccc43)cc2-c2cccc(-c3cccc4c3c3ccccc3n4-c3c(-c4ccccc4)cccc3-c3ccccc3-n3c4ccccc4c4ccccc43)c2)cc1. The van der Waals surface area contributed by atoms with Gasteiger partial charge in [0.1, 0.15) is 0 Å². The molecule has 4 nitrogen and oxygen atoms in total. The van der Waals surface area contributed by atoms with E-state index in [-0.39, 0.29) is 0 Å². The molecule has 0 saturated carbocycles. The van der Waals surface area contributed by atoms with Gasteiger partial charge in [0.05, 0.1) is 55.5 Å². The van der Waals surface area contributed by atoms with Gasteiger partial charge in [0.25, 0.3) is 0 Å². The standard InChI is InChI=1S/C90H58N4/c1-3-26-59(27-4-1)66-41-24-42-76(75-38-13-21-49-86(75)93-84-47-19-11-36-73(84)74-37-12-20-48-85(74)93)90(66)94-87-50-22-14-39-77(87)89-65(40-25-51-88(89)94)61-30-23-31-62(56-61)79-58-64(92-82-45-17-9-34-71(82)72-35-10-18-46-83(72)92)53-55-68(79)67-54-52-63(57-78(67)60-28-5-2-6-29-60)91-80-43-15-7-32-69(80)70-33-8-16-44-81(70)91/h1-58H. The number of hydrogen-bond donors (Lipinski definition) is 0. The molecule has 19 rings (SSSR count). The molecule has 15 aromatic carbocycles. The second-order valence-electron chi connectivity index (χ2n) is 24.7. The fraction of sp³-hybridized carbons (Fsp3) is 0. The number of para-hydroxylation sites is 9. The largest absolute Gasteiger partial charge is 0.309 e. The average Bonchev–Trinajstić information content (AvgIpc) is 1.52. The zero-order valence-electron chi connectivity index (χ0n) is 51.3. The molecule has 0 unspecified atom stereocenters. The highest BCUT2D eigenvalue weighted by molar-refractivity contribution is 6.18. The Balaban J connectivity index is 0.840. The third kappa shape index (κ3) is 8.26. The number of nitrogens with zero attached hydrogens (tertiary/aromatic N) is 4. The van der Waals surface area contributed by atoms with E-state index in [0.29, 0.717) is 0 Å². The molecule has 0 aliphatic rings. The molecular weight excluding hydrogens is 1140 g/mol. The maximum atomic E-state index is 2.56. The average molecular weight is 1200 g/mol. The molecule has 0 aliphatic heterocycles. The maximum Gasteiger partial charge on any atom is 0.0619 e. The van der Waals surface area contributed by atoms with Crippen LogP contribution in [0.15, 0.2) is 352 Å². The number of aromatic nitrogens is 4. The van der Waals surface area contributed by atoms with Crippen molar-refractivity contribution in [3.63, 3.8) is 0 Å². The van der Waals surface area contributed by atoms with Crippen molar-refractivity contribution in [1.82, 2.24) is 18.3 Å². The minimum absolute atomic E-state index is 1.10. The van der Waals surface area contributed by atoms with Gasteiger partial charge in [-0.25, -0.2) is 0 Å². The highest BCUT2D eigenvalue weighted by Crippen LogP contribution is 2.48. The van der Waals surface area contributed by atoms with Gasteiger partial charge in [-0.1, -0.05) is 267 Å². The van der Waals surface area contributed by atoms with Gasteiger partial charge < -0.3 is 18.3 Å². The summed E-state index contributed by atoms with van der Waals surface area (Å²) in [5.74, 6) is 0. The predicted octanol–water partition coefficient (Wildman–Crippen LogP) is 24.1. The van der Waals surface area contributed by atoms with Crippen molar-refractivity contribution < 1.29 is 0 Å². The Kier molecular flexibility index (Phi) is 12.3. The van der Waals surface area contributed by atoms with Crippen LogP contribution in [0.1, 0.15) is 0 Å². The van der Waals surface area contributed by atoms with E-state index < -0.39 is 0 Å². The lowest BCUT2D eigenvalue weighted by Gasteiger charge is -2.21. The fourth-order valence-corrected chi connectivity index (χ4v) is 15.6. The Hall–Kier alpha value is -12.5. The van der Waals surface area contributed by atoms with Crippen molar-refractivity contribution in [2.45, 2.75) is 0 Å². The molecule has 0 saturated heterocycles. The molecule has 0 bridgehead atoms. The second kappa shape index (κ2) is 21.6. The monoisotopic (exact) mass is 1190 g/mol. The number of rotatable bonds is 10. The Morgan fingerprint density at radius 3 is 1.00 bits per heavy atom. The second-order valence-corrected chi connectivity index (χ2v) is 24.7. The lowest BCUT2D eigenvalue weighted by atomic mass is 9.87. The molecule has 438 valence electrons. The molecule has 4 heterocycles. The van der Waals surface area contributed by atoms with E-state index in [2.05, 4.69) is 370 Å². The van der Waals surface area contributed by atoms with Crippen LogP contribution in [0.2, 0.25) is 0 Å². The normalized spacial score (nSPS) is 11.8. The first-order valence-electron chi connectivity index (χ1n) is 32.4. The number of benzene rings is 15. The van der Waals surface area contributed by atoms with Crippen LogP contribution in [-0.4, -0.2) is 18.3 Å². The van der Waals surface area contributed by atoms with Gasteiger partial charge in [-0.05, 0) is 135 Å². The topological polar surface area (TPSA) is 19.7 Å². The molecule has 19 aromatic rings. The summed E-state index contributed by atoms with van der Waals surface area (Å²) in [5, 5.41) is 9.81. The van der Waals surface area contributed by atoms with Gasteiger partial charge in [-0.2, -0.15) is 0 Å². The predicted molar refractivity (Wildman–Crippen MR) is 396 cm³/mol. The van der Waals surface area contributed by atoms with E-state index in [4.69, 9.17) is 0 Å². The van der Waals surface area contributed by atoms with E-state index in [1.165, 1.54) is 81.8 Å². The van der Waals surface area contributed by atoms with Crippen molar-refractivity contribution in [3.8, 4) is 89.5 Å². The van der Waals surface area contributed by atoms with E-state index in [1.54, 1.807) is 0 Å². The fourth-order valence-electron chi connectivity index (χ4n) is 15.6. The van der Waals surface area contributed by atoms with E-state index >= 15 is 0 Å². The molecular formula is C90H58N4. The summed E-state index contributed by atoms with van der Waals surface area (Å²) in [4.78, 5) is 0. The van der Waals surface area contributed by atoms with Gasteiger partial charge in [-0.15, -0.1) is 0 Å². The van der Waals surface area contributed by atoms with E-state index in [0.717, 1.165) is 95.0 Å². The minimum Gasteiger partial charge on any atom is -0.309 e. The Labute approximate surface area is 543 Å². The number of hydrogen-bond acceptors (Lipinski definition) is 0. The van der Waals surface area contributed by atoms with Crippen molar-refractivity contribution >= 4 is 87.2 Å². The first kappa shape index (κ1) is 53.3. The van der Waals surface area contributed by atoms with Crippen LogP contribution in [0.3, 0.4) is 0 Å². The highest BCUT2D eigenvalue weighted by atomic mass is 15.0. The lowest BCUT2D eigenvalue weighted by molar-refractivity contribution is 1.16. The van der Waals surface area contributed by atoms with Crippen LogP contribution < -0.4 is 0 Å². The van der Waals surface area contributed by atoms with Crippen LogP contribution in [0.5, 0.6) is 0 Å². The summed E-state index contributed by atoms with van der Waals surface area (Å²) in [6.07, 6.45) is 0. The smallest absolute Gasteiger partial charge is 0.0619 e. The Morgan fingerprint density at radius 2 is 0.489 bits per heavy atom. The van der Waals surface area contributed by atoms with Gasteiger partial charge in [0.2, 0.25) is 0 Å². The quantitative estimate of drug-likeness (QED) is 0.130. The van der Waals surface area contributed by atoms with Crippen LogP contribution in [0, 0.1) is 0 Å². The molecule has 0 fully saturated rings. The summed E-state index contributed by atoms with van der Waals surface area (Å²) in [6, 6.07) is 130. The Bertz CT molecular complexity index is 6070. The van der Waals surface area contributed by atoms with E-state index in [1.807, 2.05) is 0 Å². The molecule has 0 spiro atoms. The summed E-state index contributed by atoms with van der Waals surface area (Å²) < 4.78 is 9.90. The summed E-state index contributed by atoms with van der Waals surface area (Å²) in [5.41, 5.74) is 27.6. The third-order valence-corrected chi connectivity index (χ3v) is 19.6. The zero-order chi connectivity index (χ0) is 61.8. The van der Waals surface area contributed by atoms with Crippen LogP contribution in [-0.2, 0) is 0 Å². The van der Waals surface area contributed by atoms with Gasteiger partial charge in [0.15, 0.2) is 0 Å². The highest BCUT2D eigenvalue weighted by Gasteiger charge is 2.26. The Morgan fingerprint density at radius 1 is 0.160 bits per heavy atom. The van der Waals surface area contributed by atoms with Crippen molar-refractivity contribution in [1.29, 1.82) is 0 Å². The first-order valence-corrected chi connectivity index (χ1v) is 32.4. The zero-order valence-corrected chi connectivity index (χ0v) is 51.3. The summed E-state index contributed by atoms with van der Waals surface area (Å²) in [7, 11) is 0. The molecule has 0 radical (unpaired) electrons. The molecule has 4 heteroatoms. The minimum atomic E-state index is 1.10. The molecule has 0 amide bonds. The van der Waals surface area contributed by atoms with Crippen molar-refractivity contribution in [3.05, 3.63) is 352 Å². The molecule has 0 N–H and O–H groups in total. The summed E-state index contributed by atoms with van der Waals surface area (Å²) in [6.45, 7) is 0. The van der Waals surface area contributed by atoms with Gasteiger partial charge in [-0.3, -0.25) is 0 Å². The third-order valence-electron chi connectivity index (χ3n) is 19.6. The van der Waals surface area contributed by atoms with Gasteiger partial charge in [0, 0.05) is 71.2 Å². The van der Waals surface area contributed by atoms with Crippen LogP contribution >= 0.6 is 0 Å². The maximum absolute atomic E-state index is 2.56. The summed E-state index contributed by atoms with van der Waals surface area (Å²) >= 11 is 0. The molecule has 4 aromatic heterocycles.